The van der Waals surface area contributed by atoms with E-state index in [2.05, 4.69) is 39.7 Å². The molecular weight excluding hydrogens is 403 g/mol. The van der Waals surface area contributed by atoms with E-state index in [4.69, 9.17) is 0 Å². The fourth-order valence-corrected chi connectivity index (χ4v) is 3.12. The van der Waals surface area contributed by atoms with E-state index in [1.54, 1.807) is 0 Å². The summed E-state index contributed by atoms with van der Waals surface area (Å²) in [5.74, 6) is 4.29. The van der Waals surface area contributed by atoms with E-state index in [1.165, 1.54) is 25.7 Å². The molecule has 0 bridgehead atoms. The monoisotopic (exact) mass is 434 g/mol. The lowest BCUT2D eigenvalue weighted by molar-refractivity contribution is 0.244. The largest absolute Gasteiger partial charge is 0.354 e. The number of hydrogen-bond acceptors (Lipinski definition) is 3. The van der Waals surface area contributed by atoms with Gasteiger partial charge in [-0.2, -0.15) is 0 Å². The lowest BCUT2D eigenvalue weighted by Gasteiger charge is -2.32. The lowest BCUT2D eigenvalue weighted by atomic mass is 9.79. The molecule has 132 valence electrons. The van der Waals surface area contributed by atoms with E-state index in [9.17, 15) is 0 Å². The Balaban J connectivity index is 0.00000264. The Bertz CT molecular complexity index is 511. The van der Waals surface area contributed by atoms with Gasteiger partial charge in [-0.3, -0.25) is 4.99 Å². The Kier molecular flexibility index (Phi) is 8.28. The van der Waals surface area contributed by atoms with Crippen molar-refractivity contribution >= 4 is 29.9 Å². The molecule has 2 N–H and O–H groups in total. The average molecular weight is 434 g/mol. The van der Waals surface area contributed by atoms with Crippen molar-refractivity contribution in [2.75, 3.05) is 7.05 Å². The summed E-state index contributed by atoms with van der Waals surface area (Å²) in [6.45, 7) is 7.25. The number of nitrogens with one attached hydrogen (secondary N) is 2. The van der Waals surface area contributed by atoms with Crippen LogP contribution in [0.1, 0.15) is 51.2 Å². The standard InChI is InChI=1S/C16H30N6.HI/c1-11(2)13-7-6-8-14(9-13)19-16(17-4)18-10-15-21-20-12(3)22(15)5;/h11,13-14H,6-10H2,1-5H3,(H2,17,18,19);1H. The third-order valence-corrected chi connectivity index (χ3v) is 4.82. The van der Waals surface area contributed by atoms with Crippen LogP contribution in [0.3, 0.4) is 0 Å². The number of aliphatic imine (C=N–C) groups is 1. The van der Waals surface area contributed by atoms with Crippen LogP contribution in [0, 0.1) is 18.8 Å². The quantitative estimate of drug-likeness (QED) is 0.435. The summed E-state index contributed by atoms with van der Waals surface area (Å²) in [5, 5.41) is 15.2. The summed E-state index contributed by atoms with van der Waals surface area (Å²) in [5.41, 5.74) is 0. The molecule has 1 aromatic rings. The Labute approximate surface area is 157 Å². The van der Waals surface area contributed by atoms with E-state index >= 15 is 0 Å². The molecule has 0 amide bonds. The Morgan fingerprint density at radius 2 is 2.09 bits per heavy atom. The molecule has 1 saturated carbocycles. The minimum Gasteiger partial charge on any atom is -0.354 e. The molecule has 1 heterocycles. The summed E-state index contributed by atoms with van der Waals surface area (Å²) in [6, 6.07) is 0.522. The zero-order valence-electron chi connectivity index (χ0n) is 15.0. The molecule has 1 fully saturated rings. The summed E-state index contributed by atoms with van der Waals surface area (Å²) >= 11 is 0. The number of guanidine groups is 1. The first-order valence-electron chi connectivity index (χ1n) is 8.33. The smallest absolute Gasteiger partial charge is 0.191 e. The second-order valence-electron chi connectivity index (χ2n) is 6.66. The molecule has 1 aromatic heterocycles. The minimum absolute atomic E-state index is 0. The molecule has 0 saturated heterocycles. The molecule has 0 aliphatic heterocycles. The fraction of sp³-hybridized carbons (Fsp3) is 0.812. The maximum absolute atomic E-state index is 4.34. The summed E-state index contributed by atoms with van der Waals surface area (Å²) in [7, 11) is 3.80. The highest BCUT2D eigenvalue weighted by atomic mass is 127. The number of hydrogen-bond donors (Lipinski definition) is 2. The van der Waals surface area contributed by atoms with Gasteiger partial charge < -0.3 is 15.2 Å². The van der Waals surface area contributed by atoms with E-state index < -0.39 is 0 Å². The van der Waals surface area contributed by atoms with Crippen LogP contribution < -0.4 is 10.6 Å². The first kappa shape index (κ1) is 20.2. The third-order valence-electron chi connectivity index (χ3n) is 4.82. The molecule has 0 aromatic carbocycles. The molecule has 7 heteroatoms. The fourth-order valence-electron chi connectivity index (χ4n) is 3.12. The molecule has 0 spiro atoms. The van der Waals surface area contributed by atoms with Gasteiger partial charge in [-0.1, -0.05) is 26.7 Å². The zero-order chi connectivity index (χ0) is 16.1. The van der Waals surface area contributed by atoms with Crippen LogP contribution in [0.25, 0.3) is 0 Å². The van der Waals surface area contributed by atoms with Gasteiger partial charge in [-0.05, 0) is 31.6 Å². The third kappa shape index (κ3) is 5.61. The SMILES string of the molecule is CN=C(NCc1nnc(C)n1C)NC1CCCC(C(C)C)C1.I. The maximum atomic E-state index is 4.34. The Hall–Kier alpha value is -0.860. The minimum atomic E-state index is 0. The molecule has 0 radical (unpaired) electrons. The summed E-state index contributed by atoms with van der Waals surface area (Å²) in [6.07, 6.45) is 5.13. The highest BCUT2D eigenvalue weighted by molar-refractivity contribution is 14.0. The zero-order valence-corrected chi connectivity index (χ0v) is 17.3. The molecule has 6 nitrogen and oxygen atoms in total. The second kappa shape index (κ2) is 9.44. The van der Waals surface area contributed by atoms with Crippen LogP contribution in [-0.4, -0.2) is 33.8 Å². The van der Waals surface area contributed by atoms with Crippen molar-refractivity contribution in [3.63, 3.8) is 0 Å². The first-order chi connectivity index (χ1) is 10.5. The molecule has 23 heavy (non-hydrogen) atoms. The van der Waals surface area contributed by atoms with Gasteiger partial charge in [0.25, 0.3) is 0 Å². The van der Waals surface area contributed by atoms with Crippen LogP contribution >= 0.6 is 24.0 Å². The van der Waals surface area contributed by atoms with E-state index in [-0.39, 0.29) is 24.0 Å². The molecule has 2 unspecified atom stereocenters. The number of rotatable bonds is 4. The maximum Gasteiger partial charge on any atom is 0.191 e. The predicted molar refractivity (Wildman–Crippen MR) is 105 cm³/mol. The van der Waals surface area contributed by atoms with Crippen LogP contribution in [0.4, 0.5) is 0 Å². The first-order valence-corrected chi connectivity index (χ1v) is 8.33. The van der Waals surface area contributed by atoms with Crippen LogP contribution in [0.15, 0.2) is 4.99 Å². The van der Waals surface area contributed by atoms with Crippen molar-refractivity contribution in [2.24, 2.45) is 23.9 Å². The summed E-state index contributed by atoms with van der Waals surface area (Å²) < 4.78 is 2.00. The van der Waals surface area contributed by atoms with Gasteiger partial charge in [-0.15, -0.1) is 34.2 Å². The molecule has 2 rings (SSSR count). The Morgan fingerprint density at radius 3 is 2.65 bits per heavy atom. The van der Waals surface area contributed by atoms with Gasteiger partial charge >= 0.3 is 0 Å². The predicted octanol–water partition coefficient (Wildman–Crippen LogP) is 2.62. The van der Waals surface area contributed by atoms with Crippen molar-refractivity contribution in [3.8, 4) is 0 Å². The Morgan fingerprint density at radius 1 is 1.35 bits per heavy atom. The van der Waals surface area contributed by atoms with Crippen molar-refractivity contribution in [1.29, 1.82) is 0 Å². The van der Waals surface area contributed by atoms with E-state index in [1.807, 2.05) is 25.6 Å². The van der Waals surface area contributed by atoms with Gasteiger partial charge in [0, 0.05) is 20.1 Å². The lowest BCUT2D eigenvalue weighted by Crippen LogP contribution is -2.45. The van der Waals surface area contributed by atoms with Crippen LogP contribution in [0.2, 0.25) is 0 Å². The highest BCUT2D eigenvalue weighted by Crippen LogP contribution is 2.29. The number of aromatic nitrogens is 3. The second-order valence-corrected chi connectivity index (χ2v) is 6.66. The van der Waals surface area contributed by atoms with Crippen molar-refractivity contribution < 1.29 is 0 Å². The molecular formula is C16H31IN6. The van der Waals surface area contributed by atoms with Gasteiger partial charge in [0.05, 0.1) is 6.54 Å². The average Bonchev–Trinajstić information content (AvgIpc) is 2.83. The van der Waals surface area contributed by atoms with Crippen LogP contribution in [0.5, 0.6) is 0 Å². The van der Waals surface area contributed by atoms with Crippen molar-refractivity contribution in [3.05, 3.63) is 11.6 Å². The molecule has 1 aliphatic rings. The number of nitrogens with zero attached hydrogens (tertiary/aromatic N) is 4. The highest BCUT2D eigenvalue weighted by Gasteiger charge is 2.24. The number of aryl methyl sites for hydroxylation is 1. The van der Waals surface area contributed by atoms with Gasteiger partial charge in [0.1, 0.15) is 5.82 Å². The van der Waals surface area contributed by atoms with E-state index in [0.717, 1.165) is 29.4 Å². The van der Waals surface area contributed by atoms with E-state index in [0.29, 0.717) is 12.6 Å². The van der Waals surface area contributed by atoms with Crippen LogP contribution in [-0.2, 0) is 13.6 Å². The van der Waals surface area contributed by atoms with Crippen molar-refractivity contribution in [2.45, 2.75) is 59.0 Å². The molecule has 1 aliphatic carbocycles. The van der Waals surface area contributed by atoms with Gasteiger partial charge in [0.15, 0.2) is 11.8 Å². The topological polar surface area (TPSA) is 67.1 Å². The van der Waals surface area contributed by atoms with Crippen molar-refractivity contribution in [1.82, 2.24) is 25.4 Å². The van der Waals surface area contributed by atoms with Gasteiger partial charge in [-0.25, -0.2) is 0 Å². The summed E-state index contributed by atoms with van der Waals surface area (Å²) in [4.78, 5) is 4.34. The normalized spacial score (nSPS) is 21.9. The van der Waals surface area contributed by atoms with Gasteiger partial charge in [0.2, 0.25) is 0 Å². The number of halogens is 1. The molecule has 2 atom stereocenters.